The third-order valence-corrected chi connectivity index (χ3v) is 3.48. The van der Waals surface area contributed by atoms with Crippen LogP contribution in [0.2, 0.25) is 0 Å². The molecule has 1 atom stereocenters. The van der Waals surface area contributed by atoms with E-state index in [1.54, 1.807) is 43.2 Å². The van der Waals surface area contributed by atoms with Crippen molar-refractivity contribution in [3.05, 3.63) is 30.1 Å². The van der Waals surface area contributed by atoms with Gasteiger partial charge in [-0.05, 0) is 30.9 Å². The lowest BCUT2D eigenvalue weighted by atomic mass is 9.94. The number of nitrogens with zero attached hydrogens (tertiary/aromatic N) is 2. The minimum absolute atomic E-state index is 0.0896. The highest BCUT2D eigenvalue weighted by atomic mass is 16.5. The molecule has 0 saturated heterocycles. The lowest BCUT2D eigenvalue weighted by Gasteiger charge is -2.15. The summed E-state index contributed by atoms with van der Waals surface area (Å²) in [5, 5.41) is 0. The fourth-order valence-corrected chi connectivity index (χ4v) is 2.36. The number of rotatable bonds is 8. The van der Waals surface area contributed by atoms with Crippen LogP contribution in [0.3, 0.4) is 0 Å². The zero-order valence-corrected chi connectivity index (χ0v) is 14.5. The summed E-state index contributed by atoms with van der Waals surface area (Å²) in [6.07, 6.45) is 4.66. The highest BCUT2D eigenvalue weighted by Gasteiger charge is 2.17. The van der Waals surface area contributed by atoms with E-state index in [1.165, 1.54) is 4.90 Å². The van der Waals surface area contributed by atoms with Gasteiger partial charge in [0.15, 0.2) is 12.4 Å². The van der Waals surface area contributed by atoms with Gasteiger partial charge in [-0.3, -0.25) is 9.59 Å². The first-order valence-electron chi connectivity index (χ1n) is 7.90. The van der Waals surface area contributed by atoms with Gasteiger partial charge in [0.05, 0.1) is 0 Å². The number of esters is 1. The van der Waals surface area contributed by atoms with E-state index < -0.39 is 0 Å². The van der Waals surface area contributed by atoms with Crippen LogP contribution in [0.1, 0.15) is 37.0 Å². The molecular weight excluding hydrogens is 294 g/mol. The van der Waals surface area contributed by atoms with Gasteiger partial charge in [-0.15, -0.1) is 0 Å². The van der Waals surface area contributed by atoms with E-state index in [0.29, 0.717) is 24.4 Å². The predicted molar refractivity (Wildman–Crippen MR) is 87.4 cm³/mol. The van der Waals surface area contributed by atoms with Crippen molar-refractivity contribution < 1.29 is 18.9 Å². The molecule has 1 aromatic heterocycles. The van der Waals surface area contributed by atoms with E-state index in [9.17, 15) is 9.59 Å². The molecular formula is C17H28N3O3+. The average Bonchev–Trinajstić information content (AvgIpc) is 2.51. The molecule has 1 rings (SSSR count). The van der Waals surface area contributed by atoms with E-state index in [-0.39, 0.29) is 24.5 Å². The van der Waals surface area contributed by atoms with Crippen molar-refractivity contribution in [2.24, 2.45) is 17.6 Å². The Morgan fingerprint density at radius 2 is 2.04 bits per heavy atom. The molecule has 128 valence electrons. The maximum absolute atomic E-state index is 11.9. The number of nitrogens with two attached hydrogens (primary N) is 1. The zero-order valence-electron chi connectivity index (χ0n) is 14.5. The van der Waals surface area contributed by atoms with Crippen LogP contribution in [-0.4, -0.2) is 37.4 Å². The second kappa shape index (κ2) is 9.25. The molecule has 23 heavy (non-hydrogen) atoms. The van der Waals surface area contributed by atoms with Gasteiger partial charge in [0.25, 0.3) is 12.6 Å². The summed E-state index contributed by atoms with van der Waals surface area (Å²) in [6, 6.07) is 3.49. The number of hydrogen-bond acceptors (Lipinski definition) is 4. The molecule has 6 heteroatoms. The molecule has 0 fully saturated rings. The molecule has 0 aliphatic carbocycles. The van der Waals surface area contributed by atoms with E-state index in [2.05, 4.69) is 13.8 Å². The summed E-state index contributed by atoms with van der Waals surface area (Å²) in [6.45, 7) is 4.79. The van der Waals surface area contributed by atoms with E-state index in [0.717, 1.165) is 6.42 Å². The van der Waals surface area contributed by atoms with E-state index in [1.807, 2.05) is 0 Å². The number of hydrogen-bond donors (Lipinski definition) is 1. The topological polar surface area (TPSA) is 76.5 Å². The summed E-state index contributed by atoms with van der Waals surface area (Å²) in [4.78, 5) is 25.3. The molecule has 0 radical (unpaired) electrons. The third kappa shape index (κ3) is 6.78. The summed E-state index contributed by atoms with van der Waals surface area (Å²) in [7, 11) is 3.39. The van der Waals surface area contributed by atoms with Crippen molar-refractivity contribution >= 4 is 11.9 Å². The maximum Gasteiger partial charge on any atom is 0.310 e. The first kappa shape index (κ1) is 19.1. The van der Waals surface area contributed by atoms with Gasteiger partial charge in [0.1, 0.15) is 5.56 Å². The third-order valence-electron chi connectivity index (χ3n) is 3.48. The van der Waals surface area contributed by atoms with Gasteiger partial charge in [-0.25, -0.2) is 0 Å². The predicted octanol–water partition coefficient (Wildman–Crippen LogP) is 1.19. The van der Waals surface area contributed by atoms with E-state index in [4.69, 9.17) is 10.5 Å². The van der Waals surface area contributed by atoms with Gasteiger partial charge in [0.2, 0.25) is 0 Å². The molecule has 0 aliphatic heterocycles. The van der Waals surface area contributed by atoms with Gasteiger partial charge in [-0.2, -0.15) is 4.57 Å². The number of ether oxygens (including phenoxy) is 1. The number of carbonyl (C=O) groups excluding carboxylic acids is 2. The van der Waals surface area contributed by atoms with Crippen molar-refractivity contribution in [1.82, 2.24) is 4.90 Å². The first-order valence-corrected chi connectivity index (χ1v) is 7.90. The summed E-state index contributed by atoms with van der Waals surface area (Å²) >= 11 is 0. The fourth-order valence-electron chi connectivity index (χ4n) is 2.36. The van der Waals surface area contributed by atoms with Crippen LogP contribution in [0.4, 0.5) is 0 Å². The molecule has 0 spiro atoms. The smallest absolute Gasteiger partial charge is 0.310 e. The Labute approximate surface area is 138 Å². The van der Waals surface area contributed by atoms with E-state index >= 15 is 0 Å². The lowest BCUT2D eigenvalue weighted by molar-refractivity contribution is -0.727. The molecule has 0 aliphatic rings. The zero-order chi connectivity index (χ0) is 17.4. The van der Waals surface area contributed by atoms with Crippen molar-refractivity contribution in [3.63, 3.8) is 0 Å². The second-order valence-electron chi connectivity index (χ2n) is 6.39. The SMILES string of the molecule is CC(C)C[C@H](CN)CC(=O)OC[n+]1cccc(C(=O)N(C)C)c1. The number of pyridine rings is 1. The van der Waals surface area contributed by atoms with Crippen LogP contribution < -0.4 is 10.3 Å². The molecule has 0 aromatic carbocycles. The van der Waals surface area contributed by atoms with Crippen molar-refractivity contribution in [1.29, 1.82) is 0 Å². The molecule has 1 amide bonds. The monoisotopic (exact) mass is 322 g/mol. The second-order valence-corrected chi connectivity index (χ2v) is 6.39. The highest BCUT2D eigenvalue weighted by Crippen LogP contribution is 2.14. The Bertz CT molecular complexity index is 530. The highest BCUT2D eigenvalue weighted by molar-refractivity contribution is 5.93. The Kier molecular flexibility index (Phi) is 7.68. The minimum atomic E-state index is -0.266. The quantitative estimate of drug-likeness (QED) is 0.576. The van der Waals surface area contributed by atoms with Crippen LogP contribution in [-0.2, 0) is 16.3 Å². The van der Waals surface area contributed by atoms with Crippen molar-refractivity contribution in [2.45, 2.75) is 33.4 Å². The average molecular weight is 322 g/mol. The number of carbonyl (C=O) groups is 2. The standard InChI is InChI=1S/C17H28N3O3/c1-13(2)8-14(10-18)9-16(21)23-12-20-7-5-6-15(11-20)17(22)19(3)4/h5-7,11,13-14H,8-10,12,18H2,1-4H3/q+1/t14-/m0/s1. The number of aromatic nitrogens is 1. The molecule has 1 heterocycles. The van der Waals surface area contributed by atoms with Crippen LogP contribution in [0.25, 0.3) is 0 Å². The molecule has 0 unspecified atom stereocenters. The minimum Gasteiger partial charge on any atom is -0.405 e. The Morgan fingerprint density at radius 3 is 2.61 bits per heavy atom. The summed E-state index contributed by atoms with van der Waals surface area (Å²) in [5.41, 5.74) is 6.25. The maximum atomic E-state index is 11.9. The van der Waals surface area contributed by atoms with Crippen LogP contribution in [0.5, 0.6) is 0 Å². The van der Waals surface area contributed by atoms with Gasteiger partial charge < -0.3 is 15.4 Å². The molecule has 6 nitrogen and oxygen atoms in total. The van der Waals surface area contributed by atoms with Crippen LogP contribution in [0.15, 0.2) is 24.5 Å². The normalized spacial score (nSPS) is 12.1. The Morgan fingerprint density at radius 1 is 1.35 bits per heavy atom. The molecule has 0 bridgehead atoms. The fraction of sp³-hybridized carbons (Fsp3) is 0.588. The lowest BCUT2D eigenvalue weighted by Crippen LogP contribution is -2.37. The Hall–Kier alpha value is -1.95. The van der Waals surface area contributed by atoms with Gasteiger partial charge in [0, 0.05) is 26.6 Å². The van der Waals surface area contributed by atoms with Crippen molar-refractivity contribution in [2.75, 3.05) is 20.6 Å². The van der Waals surface area contributed by atoms with Gasteiger partial charge in [-0.1, -0.05) is 13.8 Å². The molecule has 0 saturated carbocycles. The molecule has 1 aromatic rings. The summed E-state index contributed by atoms with van der Waals surface area (Å²) in [5.74, 6) is 0.289. The largest absolute Gasteiger partial charge is 0.405 e. The van der Waals surface area contributed by atoms with Crippen molar-refractivity contribution in [3.8, 4) is 0 Å². The van der Waals surface area contributed by atoms with Crippen LogP contribution in [0, 0.1) is 11.8 Å². The van der Waals surface area contributed by atoms with Gasteiger partial charge >= 0.3 is 5.97 Å². The van der Waals surface area contributed by atoms with Crippen LogP contribution >= 0.6 is 0 Å². The summed E-state index contributed by atoms with van der Waals surface area (Å²) < 4.78 is 6.96. The first-order chi connectivity index (χ1) is 10.8. The molecule has 2 N–H and O–H groups in total. The number of amides is 1. The Balaban J connectivity index is 2.56.